The van der Waals surface area contributed by atoms with Crippen molar-refractivity contribution in [2.24, 2.45) is 5.92 Å². The van der Waals surface area contributed by atoms with Gasteiger partial charge in [-0.05, 0) is 49.4 Å². The predicted octanol–water partition coefficient (Wildman–Crippen LogP) is 5.08. The van der Waals surface area contributed by atoms with Gasteiger partial charge in [0, 0.05) is 29.3 Å². The van der Waals surface area contributed by atoms with E-state index in [1.165, 1.54) is 54.4 Å². The van der Waals surface area contributed by atoms with Gasteiger partial charge in [-0.1, -0.05) is 61.4 Å². The van der Waals surface area contributed by atoms with E-state index in [4.69, 9.17) is 0 Å². The molecule has 1 N–H and O–H groups in total. The molecule has 2 aromatic carbocycles. The molecular formula is C24H32N2O3S2. The van der Waals surface area contributed by atoms with Crippen LogP contribution in [0, 0.1) is 5.92 Å². The molecule has 1 aliphatic carbocycles. The standard InChI is InChI=1S/C24H32N2O3S2/c1-31(28,29)26(18-10-17-24(27)25-19-20-11-4-2-5-12-20)22-15-8-9-16-23(22)30-21-13-6-3-7-14-21/h3,6-9,13-16,20H,2,4-5,10-12,17-19H2,1H3,(H,25,27). The minimum atomic E-state index is -3.47. The normalized spacial score (nSPS) is 14.9. The highest BCUT2D eigenvalue weighted by atomic mass is 32.2. The summed E-state index contributed by atoms with van der Waals surface area (Å²) in [6, 6.07) is 17.4. The summed E-state index contributed by atoms with van der Waals surface area (Å²) in [6.45, 7) is 1.02. The van der Waals surface area contributed by atoms with Crippen molar-refractivity contribution < 1.29 is 13.2 Å². The Hall–Kier alpha value is -1.99. The van der Waals surface area contributed by atoms with Crippen molar-refractivity contribution in [2.45, 2.75) is 54.7 Å². The van der Waals surface area contributed by atoms with Crippen LogP contribution in [0.5, 0.6) is 0 Å². The summed E-state index contributed by atoms with van der Waals surface area (Å²) in [4.78, 5) is 14.2. The van der Waals surface area contributed by atoms with E-state index >= 15 is 0 Å². The van der Waals surface area contributed by atoms with Crippen LogP contribution in [0.1, 0.15) is 44.9 Å². The largest absolute Gasteiger partial charge is 0.356 e. The maximum atomic E-state index is 12.6. The number of nitrogens with zero attached hydrogens (tertiary/aromatic N) is 1. The second-order valence-corrected chi connectivity index (χ2v) is 11.2. The van der Waals surface area contributed by atoms with Gasteiger partial charge in [-0.25, -0.2) is 8.42 Å². The second kappa shape index (κ2) is 11.6. The number of carbonyl (C=O) groups excluding carboxylic acids is 1. The Morgan fingerprint density at radius 3 is 2.42 bits per heavy atom. The molecular weight excluding hydrogens is 428 g/mol. The molecule has 0 atom stereocenters. The van der Waals surface area contributed by atoms with Crippen molar-refractivity contribution in [3.63, 3.8) is 0 Å². The molecule has 0 bridgehead atoms. The minimum Gasteiger partial charge on any atom is -0.356 e. The number of benzene rings is 2. The van der Waals surface area contributed by atoms with Crippen LogP contribution >= 0.6 is 11.8 Å². The van der Waals surface area contributed by atoms with Gasteiger partial charge < -0.3 is 5.32 Å². The maximum Gasteiger partial charge on any atom is 0.232 e. The lowest BCUT2D eigenvalue weighted by atomic mass is 9.89. The molecule has 0 radical (unpaired) electrons. The van der Waals surface area contributed by atoms with Crippen LogP contribution in [0.25, 0.3) is 0 Å². The smallest absolute Gasteiger partial charge is 0.232 e. The van der Waals surface area contributed by atoms with Gasteiger partial charge in [0.05, 0.1) is 11.9 Å². The summed E-state index contributed by atoms with van der Waals surface area (Å²) in [5.41, 5.74) is 0.654. The third kappa shape index (κ3) is 7.58. The Kier molecular flexibility index (Phi) is 8.84. The van der Waals surface area contributed by atoms with E-state index in [2.05, 4.69) is 5.32 Å². The Bertz CT molecular complexity index is 942. The highest BCUT2D eigenvalue weighted by Gasteiger charge is 2.21. The van der Waals surface area contributed by atoms with Gasteiger partial charge in [-0.2, -0.15) is 0 Å². The number of hydrogen-bond acceptors (Lipinski definition) is 4. The molecule has 1 aliphatic rings. The molecule has 1 amide bonds. The van der Waals surface area contributed by atoms with E-state index in [0.29, 0.717) is 24.4 Å². The summed E-state index contributed by atoms with van der Waals surface area (Å²) >= 11 is 1.54. The first-order valence-electron chi connectivity index (χ1n) is 11.0. The van der Waals surface area contributed by atoms with Gasteiger partial charge in [0.2, 0.25) is 15.9 Å². The molecule has 2 aromatic rings. The molecule has 3 rings (SSSR count). The van der Waals surface area contributed by atoms with Gasteiger partial charge in [0.1, 0.15) is 0 Å². The summed E-state index contributed by atoms with van der Waals surface area (Å²) in [7, 11) is -3.47. The molecule has 0 heterocycles. The molecule has 168 valence electrons. The van der Waals surface area contributed by atoms with Gasteiger partial charge in [-0.3, -0.25) is 9.10 Å². The highest BCUT2D eigenvalue weighted by Crippen LogP contribution is 2.36. The SMILES string of the molecule is CS(=O)(=O)N(CCCC(=O)NCC1CCCCC1)c1ccccc1Sc1ccccc1. The molecule has 31 heavy (non-hydrogen) atoms. The van der Waals surface area contributed by atoms with Crippen LogP contribution in [0.15, 0.2) is 64.4 Å². The topological polar surface area (TPSA) is 66.5 Å². The van der Waals surface area contributed by atoms with E-state index in [0.717, 1.165) is 16.3 Å². The molecule has 1 fully saturated rings. The van der Waals surface area contributed by atoms with Crippen LogP contribution in [0.4, 0.5) is 5.69 Å². The van der Waals surface area contributed by atoms with Gasteiger partial charge in [0.15, 0.2) is 0 Å². The van der Waals surface area contributed by atoms with E-state index in [9.17, 15) is 13.2 Å². The highest BCUT2D eigenvalue weighted by molar-refractivity contribution is 7.99. The van der Waals surface area contributed by atoms with Crippen LogP contribution in [0.3, 0.4) is 0 Å². The molecule has 5 nitrogen and oxygen atoms in total. The average Bonchev–Trinajstić information content (AvgIpc) is 2.77. The van der Waals surface area contributed by atoms with Crippen LogP contribution in [0.2, 0.25) is 0 Å². The molecule has 7 heteroatoms. The van der Waals surface area contributed by atoms with Gasteiger partial charge in [-0.15, -0.1) is 0 Å². The number of amides is 1. The Morgan fingerprint density at radius 1 is 1.03 bits per heavy atom. The molecule has 1 saturated carbocycles. The summed E-state index contributed by atoms with van der Waals surface area (Å²) < 4.78 is 26.5. The fourth-order valence-corrected chi connectivity index (χ4v) is 5.96. The van der Waals surface area contributed by atoms with Crippen molar-refractivity contribution in [1.29, 1.82) is 0 Å². The first kappa shape index (κ1) is 23.7. The Balaban J connectivity index is 1.60. The number of para-hydroxylation sites is 1. The Labute approximate surface area is 190 Å². The van der Waals surface area contributed by atoms with Crippen LogP contribution < -0.4 is 9.62 Å². The lowest BCUT2D eigenvalue weighted by molar-refractivity contribution is -0.121. The molecule has 0 unspecified atom stereocenters. The third-order valence-electron chi connectivity index (χ3n) is 5.58. The number of rotatable bonds is 10. The minimum absolute atomic E-state index is 0.00553. The van der Waals surface area contributed by atoms with E-state index in [1.54, 1.807) is 0 Å². The fourth-order valence-electron chi connectivity index (χ4n) is 3.95. The van der Waals surface area contributed by atoms with Crippen molar-refractivity contribution in [3.8, 4) is 0 Å². The van der Waals surface area contributed by atoms with Crippen LogP contribution in [-0.2, 0) is 14.8 Å². The van der Waals surface area contributed by atoms with Crippen molar-refractivity contribution in [2.75, 3.05) is 23.7 Å². The molecule has 0 aromatic heterocycles. The van der Waals surface area contributed by atoms with Gasteiger partial charge >= 0.3 is 0 Å². The number of nitrogens with one attached hydrogen (secondary N) is 1. The number of hydrogen-bond donors (Lipinski definition) is 1. The molecule has 0 saturated heterocycles. The Morgan fingerprint density at radius 2 is 1.71 bits per heavy atom. The first-order chi connectivity index (χ1) is 14.9. The predicted molar refractivity (Wildman–Crippen MR) is 128 cm³/mol. The quantitative estimate of drug-likeness (QED) is 0.537. The van der Waals surface area contributed by atoms with E-state index < -0.39 is 10.0 Å². The zero-order valence-corrected chi connectivity index (χ0v) is 19.8. The lowest BCUT2D eigenvalue weighted by Gasteiger charge is -2.25. The number of carbonyl (C=O) groups is 1. The number of sulfonamides is 1. The monoisotopic (exact) mass is 460 g/mol. The van der Waals surface area contributed by atoms with Crippen molar-refractivity contribution in [3.05, 3.63) is 54.6 Å². The summed E-state index contributed by atoms with van der Waals surface area (Å²) in [5, 5.41) is 3.04. The zero-order chi connectivity index (χ0) is 22.1. The number of anilines is 1. The summed E-state index contributed by atoms with van der Waals surface area (Å²) in [5.74, 6) is 0.595. The van der Waals surface area contributed by atoms with Crippen molar-refractivity contribution in [1.82, 2.24) is 5.32 Å². The third-order valence-corrected chi connectivity index (χ3v) is 7.84. The second-order valence-electron chi connectivity index (χ2n) is 8.13. The first-order valence-corrected chi connectivity index (χ1v) is 13.7. The van der Waals surface area contributed by atoms with E-state index in [-0.39, 0.29) is 12.5 Å². The average molecular weight is 461 g/mol. The molecule has 0 aliphatic heterocycles. The van der Waals surface area contributed by atoms with Crippen molar-refractivity contribution >= 4 is 33.4 Å². The summed E-state index contributed by atoms with van der Waals surface area (Å²) in [6.07, 6.45) is 8.22. The maximum absolute atomic E-state index is 12.6. The van der Waals surface area contributed by atoms with E-state index in [1.807, 2.05) is 54.6 Å². The zero-order valence-electron chi connectivity index (χ0n) is 18.1. The fraction of sp³-hybridized carbons (Fsp3) is 0.458. The van der Waals surface area contributed by atoms with Gasteiger partial charge in [0.25, 0.3) is 0 Å². The lowest BCUT2D eigenvalue weighted by Crippen LogP contribution is -2.33. The molecule has 0 spiro atoms. The van der Waals surface area contributed by atoms with Crippen LogP contribution in [-0.4, -0.2) is 33.7 Å².